The second kappa shape index (κ2) is 10.0. The highest BCUT2D eigenvalue weighted by Gasteiger charge is 2.15. The Morgan fingerprint density at radius 1 is 1.04 bits per heavy atom. The maximum Gasteiger partial charge on any atom is 0.231 e. The van der Waals surface area contributed by atoms with Gasteiger partial charge in [-0.2, -0.15) is 0 Å². The number of hydrogen-bond acceptors (Lipinski definition) is 3. The van der Waals surface area contributed by atoms with Crippen molar-refractivity contribution >= 4 is 23.2 Å². The molecule has 2 aromatic carbocycles. The molecule has 0 bridgehead atoms. The maximum atomic E-state index is 12.5. The number of carbonyl (C=O) groups is 2. The highest BCUT2D eigenvalue weighted by Crippen LogP contribution is 2.19. The topological polar surface area (TPSA) is 61.4 Å². The van der Waals surface area contributed by atoms with Gasteiger partial charge in [0.25, 0.3) is 0 Å². The first kappa shape index (κ1) is 20.1. The lowest BCUT2D eigenvalue weighted by atomic mass is 9.93. The highest BCUT2D eigenvalue weighted by molar-refractivity contribution is 5.94. The van der Waals surface area contributed by atoms with Gasteiger partial charge in [-0.05, 0) is 68.1 Å². The lowest BCUT2D eigenvalue weighted by Gasteiger charge is -2.22. The number of para-hydroxylation sites is 1. The van der Waals surface area contributed by atoms with Crippen LogP contribution in [0, 0.1) is 5.92 Å². The average Bonchev–Trinajstić information content (AvgIpc) is 2.74. The smallest absolute Gasteiger partial charge is 0.231 e. The first-order valence-electron chi connectivity index (χ1n) is 10.0. The zero-order valence-corrected chi connectivity index (χ0v) is 16.5. The molecule has 2 N–H and O–H groups in total. The molecule has 0 unspecified atom stereocenters. The van der Waals surface area contributed by atoms with E-state index in [1.54, 1.807) is 11.9 Å². The van der Waals surface area contributed by atoms with Gasteiger partial charge in [0.1, 0.15) is 0 Å². The summed E-state index contributed by atoms with van der Waals surface area (Å²) in [5.41, 5.74) is 2.59. The van der Waals surface area contributed by atoms with Crippen LogP contribution in [0.3, 0.4) is 0 Å². The molecule has 0 aromatic heterocycles. The number of anilines is 2. The number of nitrogens with zero attached hydrogens (tertiary/aromatic N) is 1. The Morgan fingerprint density at radius 2 is 1.71 bits per heavy atom. The minimum Gasteiger partial charge on any atom is -0.326 e. The molecule has 28 heavy (non-hydrogen) atoms. The molecular weight excluding hydrogens is 350 g/mol. The van der Waals surface area contributed by atoms with Crippen molar-refractivity contribution in [2.45, 2.75) is 32.1 Å². The Labute approximate surface area is 167 Å². The molecule has 1 saturated heterocycles. The van der Waals surface area contributed by atoms with Gasteiger partial charge in [0, 0.05) is 24.8 Å². The predicted octanol–water partition coefficient (Wildman–Crippen LogP) is 3.61. The van der Waals surface area contributed by atoms with E-state index in [1.165, 1.54) is 0 Å². The van der Waals surface area contributed by atoms with Crippen LogP contribution in [0.25, 0.3) is 0 Å². The Bertz CT molecular complexity index is 768. The second-order valence-corrected chi connectivity index (χ2v) is 7.44. The van der Waals surface area contributed by atoms with Gasteiger partial charge >= 0.3 is 0 Å². The summed E-state index contributed by atoms with van der Waals surface area (Å²) in [6.07, 6.45) is 4.16. The molecule has 1 fully saturated rings. The van der Waals surface area contributed by atoms with Crippen molar-refractivity contribution in [1.82, 2.24) is 5.32 Å². The van der Waals surface area contributed by atoms with Crippen LogP contribution in [-0.4, -0.2) is 32.0 Å². The van der Waals surface area contributed by atoms with Crippen LogP contribution in [0.4, 0.5) is 11.4 Å². The average molecular weight is 380 g/mol. The van der Waals surface area contributed by atoms with Crippen molar-refractivity contribution in [3.05, 3.63) is 60.2 Å². The predicted molar refractivity (Wildman–Crippen MR) is 113 cm³/mol. The molecule has 5 heteroatoms. The number of likely N-dealkylation sites (N-methyl/N-ethyl adjacent to an activating group) is 1. The summed E-state index contributed by atoms with van der Waals surface area (Å²) in [6, 6.07) is 17.1. The van der Waals surface area contributed by atoms with Crippen LogP contribution in [0.15, 0.2) is 54.6 Å². The molecule has 2 aromatic rings. The van der Waals surface area contributed by atoms with Crippen LogP contribution >= 0.6 is 0 Å². The van der Waals surface area contributed by atoms with Crippen molar-refractivity contribution in [2.24, 2.45) is 5.92 Å². The summed E-state index contributed by atoms with van der Waals surface area (Å²) < 4.78 is 0. The van der Waals surface area contributed by atoms with Gasteiger partial charge in [0.15, 0.2) is 0 Å². The fraction of sp³-hybridized carbons (Fsp3) is 0.391. The lowest BCUT2D eigenvalue weighted by molar-refractivity contribution is -0.118. The standard InChI is InChI=1S/C23H29N3O2/c1-26(21-5-3-2-4-6-21)23(28)17-19-7-10-20(11-8-19)25-22(27)12-9-18-13-15-24-16-14-18/h2-8,10-11,18,24H,9,12-17H2,1H3,(H,25,27). The third-order valence-corrected chi connectivity index (χ3v) is 5.35. The Hall–Kier alpha value is -2.66. The van der Waals surface area contributed by atoms with E-state index in [0.29, 0.717) is 18.8 Å². The largest absolute Gasteiger partial charge is 0.326 e. The van der Waals surface area contributed by atoms with E-state index in [4.69, 9.17) is 0 Å². The minimum atomic E-state index is 0.0324. The number of benzene rings is 2. The number of carbonyl (C=O) groups excluding carboxylic acids is 2. The molecule has 0 radical (unpaired) electrons. The normalized spacial score (nSPS) is 14.5. The van der Waals surface area contributed by atoms with Crippen LogP contribution in [0.1, 0.15) is 31.2 Å². The summed E-state index contributed by atoms with van der Waals surface area (Å²) in [4.78, 5) is 26.3. The van der Waals surface area contributed by atoms with Gasteiger partial charge in [0.05, 0.1) is 6.42 Å². The Balaban J connectivity index is 1.46. The molecule has 148 valence electrons. The van der Waals surface area contributed by atoms with E-state index in [9.17, 15) is 9.59 Å². The van der Waals surface area contributed by atoms with Gasteiger partial charge in [0.2, 0.25) is 11.8 Å². The number of nitrogens with one attached hydrogen (secondary N) is 2. The van der Waals surface area contributed by atoms with E-state index in [0.717, 1.165) is 49.3 Å². The molecule has 1 aliphatic rings. The van der Waals surface area contributed by atoms with E-state index in [2.05, 4.69) is 10.6 Å². The van der Waals surface area contributed by atoms with Gasteiger partial charge in [-0.25, -0.2) is 0 Å². The van der Waals surface area contributed by atoms with Crippen LogP contribution in [-0.2, 0) is 16.0 Å². The van der Waals surface area contributed by atoms with Gasteiger partial charge in [-0.15, -0.1) is 0 Å². The molecule has 3 rings (SSSR count). The van der Waals surface area contributed by atoms with E-state index in [-0.39, 0.29) is 11.8 Å². The first-order chi connectivity index (χ1) is 13.6. The molecule has 0 atom stereocenters. The molecule has 0 aliphatic carbocycles. The monoisotopic (exact) mass is 379 g/mol. The molecule has 0 spiro atoms. The van der Waals surface area contributed by atoms with Gasteiger partial charge < -0.3 is 15.5 Å². The summed E-state index contributed by atoms with van der Waals surface area (Å²) in [6.45, 7) is 2.12. The summed E-state index contributed by atoms with van der Waals surface area (Å²) in [7, 11) is 1.79. The van der Waals surface area contributed by atoms with Crippen molar-refractivity contribution in [3.8, 4) is 0 Å². The van der Waals surface area contributed by atoms with Gasteiger partial charge in [-0.1, -0.05) is 30.3 Å². The third kappa shape index (κ3) is 5.92. The summed E-state index contributed by atoms with van der Waals surface area (Å²) in [5.74, 6) is 0.748. The molecule has 1 heterocycles. The molecule has 0 saturated carbocycles. The van der Waals surface area contributed by atoms with Crippen molar-refractivity contribution < 1.29 is 9.59 Å². The fourth-order valence-electron chi connectivity index (χ4n) is 3.52. The Morgan fingerprint density at radius 3 is 2.39 bits per heavy atom. The van der Waals surface area contributed by atoms with Crippen molar-refractivity contribution in [1.29, 1.82) is 0 Å². The summed E-state index contributed by atoms with van der Waals surface area (Å²) >= 11 is 0. The third-order valence-electron chi connectivity index (χ3n) is 5.35. The number of piperidine rings is 1. The number of hydrogen-bond donors (Lipinski definition) is 2. The molecular formula is C23H29N3O2. The zero-order valence-electron chi connectivity index (χ0n) is 16.5. The van der Waals surface area contributed by atoms with E-state index in [1.807, 2.05) is 54.6 Å². The van der Waals surface area contributed by atoms with Crippen LogP contribution in [0.5, 0.6) is 0 Å². The minimum absolute atomic E-state index is 0.0324. The van der Waals surface area contributed by atoms with E-state index < -0.39 is 0 Å². The zero-order chi connectivity index (χ0) is 19.8. The van der Waals surface area contributed by atoms with Crippen LogP contribution in [0.2, 0.25) is 0 Å². The number of rotatable bonds is 7. The SMILES string of the molecule is CN(C(=O)Cc1ccc(NC(=O)CCC2CCNCC2)cc1)c1ccccc1. The quantitative estimate of drug-likeness (QED) is 0.773. The van der Waals surface area contributed by atoms with Crippen molar-refractivity contribution in [3.63, 3.8) is 0 Å². The van der Waals surface area contributed by atoms with Crippen LogP contribution < -0.4 is 15.5 Å². The lowest BCUT2D eigenvalue weighted by Crippen LogP contribution is -2.28. The van der Waals surface area contributed by atoms with Gasteiger partial charge in [-0.3, -0.25) is 9.59 Å². The highest BCUT2D eigenvalue weighted by atomic mass is 16.2. The second-order valence-electron chi connectivity index (χ2n) is 7.44. The fourth-order valence-corrected chi connectivity index (χ4v) is 3.52. The molecule has 2 amide bonds. The Kier molecular flexibility index (Phi) is 7.20. The molecule has 1 aliphatic heterocycles. The first-order valence-corrected chi connectivity index (χ1v) is 10.0. The number of amides is 2. The summed E-state index contributed by atoms with van der Waals surface area (Å²) in [5, 5.41) is 6.31. The van der Waals surface area contributed by atoms with E-state index >= 15 is 0 Å². The maximum absolute atomic E-state index is 12.5. The molecule has 5 nitrogen and oxygen atoms in total. The van der Waals surface area contributed by atoms with Crippen molar-refractivity contribution in [2.75, 3.05) is 30.4 Å².